The fraction of sp³-hybridized carbons (Fsp3) is 0.227. The number of amides is 2. The number of hydrogen-bond acceptors (Lipinski definition) is 7. The standard InChI is InChI=1S/C22H20ClF3IN5O4S2/c23-16-10-13(22(24,25)26)11-29-20(16)28-9-3-6-18(33)31-32-38(35,36)19-8-7-14(37-19)12-30-21(34)15-4-1-2-5-17(15)27/h1-2,4-5,7-8,10-11,32H,3,6,9,12H2,(H,28,29)(H,30,34)(H,31,33). The summed E-state index contributed by atoms with van der Waals surface area (Å²) >= 11 is 8.79. The van der Waals surface area contributed by atoms with Crippen molar-refractivity contribution in [3.63, 3.8) is 0 Å². The van der Waals surface area contributed by atoms with E-state index in [1.165, 1.54) is 6.07 Å². The van der Waals surface area contributed by atoms with Gasteiger partial charge in [0, 0.05) is 27.6 Å². The Bertz CT molecular complexity index is 1420. The summed E-state index contributed by atoms with van der Waals surface area (Å²) in [4.78, 5) is 30.6. The molecule has 0 saturated heterocycles. The van der Waals surface area contributed by atoms with Crippen LogP contribution in [0, 0.1) is 3.57 Å². The summed E-state index contributed by atoms with van der Waals surface area (Å²) in [5, 5.41) is 5.24. The molecule has 1 aromatic carbocycles. The molecule has 0 saturated carbocycles. The van der Waals surface area contributed by atoms with Crippen molar-refractivity contribution in [1.82, 2.24) is 20.6 Å². The topological polar surface area (TPSA) is 129 Å². The molecule has 0 aliphatic carbocycles. The molecule has 16 heteroatoms. The zero-order valence-electron chi connectivity index (χ0n) is 19.2. The van der Waals surface area contributed by atoms with Crippen LogP contribution in [0.25, 0.3) is 0 Å². The number of sulfonamides is 1. The Hall–Kier alpha value is -2.47. The van der Waals surface area contributed by atoms with Crippen molar-refractivity contribution in [2.75, 3.05) is 11.9 Å². The zero-order chi connectivity index (χ0) is 27.9. The van der Waals surface area contributed by atoms with Crippen LogP contribution < -0.4 is 20.9 Å². The van der Waals surface area contributed by atoms with Gasteiger partial charge in [0.1, 0.15) is 10.0 Å². The fourth-order valence-electron chi connectivity index (χ4n) is 2.92. The lowest BCUT2D eigenvalue weighted by molar-refractivity contribution is -0.137. The third-order valence-electron chi connectivity index (χ3n) is 4.81. The minimum absolute atomic E-state index is 0.0315. The van der Waals surface area contributed by atoms with Gasteiger partial charge >= 0.3 is 6.18 Å². The van der Waals surface area contributed by atoms with Crippen LogP contribution in [0.1, 0.15) is 33.6 Å². The molecule has 204 valence electrons. The van der Waals surface area contributed by atoms with Crippen LogP contribution in [0.2, 0.25) is 5.02 Å². The summed E-state index contributed by atoms with van der Waals surface area (Å²) < 4.78 is 63.7. The molecule has 0 unspecified atom stereocenters. The lowest BCUT2D eigenvalue weighted by Gasteiger charge is -2.11. The van der Waals surface area contributed by atoms with Crippen molar-refractivity contribution < 1.29 is 31.2 Å². The molecular weight excluding hydrogens is 682 g/mol. The molecule has 0 aliphatic rings. The van der Waals surface area contributed by atoms with Crippen LogP contribution in [-0.4, -0.2) is 31.8 Å². The summed E-state index contributed by atoms with van der Waals surface area (Å²) in [5.41, 5.74) is 1.64. The Morgan fingerprint density at radius 2 is 1.87 bits per heavy atom. The lowest BCUT2D eigenvalue weighted by Crippen LogP contribution is -2.41. The van der Waals surface area contributed by atoms with Crippen LogP contribution in [0.15, 0.2) is 52.9 Å². The summed E-state index contributed by atoms with van der Waals surface area (Å²) in [5.74, 6) is -0.878. The predicted molar refractivity (Wildman–Crippen MR) is 145 cm³/mol. The number of rotatable bonds is 11. The Labute approximate surface area is 238 Å². The molecule has 0 radical (unpaired) electrons. The number of nitrogens with zero attached hydrogens (tertiary/aromatic N) is 1. The fourth-order valence-corrected chi connectivity index (χ4v) is 5.94. The monoisotopic (exact) mass is 701 g/mol. The van der Waals surface area contributed by atoms with E-state index in [4.69, 9.17) is 11.6 Å². The van der Waals surface area contributed by atoms with Gasteiger partial charge in [-0.05, 0) is 59.3 Å². The second-order valence-electron chi connectivity index (χ2n) is 7.62. The number of nitrogens with one attached hydrogen (secondary N) is 4. The highest BCUT2D eigenvalue weighted by Crippen LogP contribution is 2.32. The SMILES string of the molecule is O=C(CCCNc1ncc(C(F)(F)F)cc1Cl)NNS(=O)(=O)c1ccc(CNC(=O)c2ccccc2I)s1. The Balaban J connectivity index is 1.42. The van der Waals surface area contributed by atoms with E-state index in [2.05, 4.69) is 43.6 Å². The van der Waals surface area contributed by atoms with Gasteiger partial charge in [0.2, 0.25) is 5.91 Å². The zero-order valence-corrected chi connectivity index (χ0v) is 23.8. The third kappa shape index (κ3) is 8.52. The first kappa shape index (κ1) is 30.1. The summed E-state index contributed by atoms with van der Waals surface area (Å²) in [7, 11) is -4.04. The molecular formula is C22H20ClF3IN5O4S2. The van der Waals surface area contributed by atoms with E-state index >= 15 is 0 Å². The number of benzene rings is 1. The number of halogens is 5. The van der Waals surface area contributed by atoms with Gasteiger partial charge in [0.05, 0.1) is 22.7 Å². The second-order valence-corrected chi connectivity index (χ2v) is 12.3. The van der Waals surface area contributed by atoms with Gasteiger partial charge in [-0.1, -0.05) is 23.7 Å². The van der Waals surface area contributed by atoms with Crippen LogP contribution in [0.5, 0.6) is 0 Å². The molecule has 0 atom stereocenters. The number of aromatic nitrogens is 1. The maximum absolute atomic E-state index is 12.7. The van der Waals surface area contributed by atoms with Gasteiger partial charge in [-0.2, -0.15) is 13.2 Å². The maximum atomic E-state index is 12.7. The quantitative estimate of drug-likeness (QED) is 0.132. The highest BCUT2D eigenvalue weighted by atomic mass is 127. The van der Waals surface area contributed by atoms with E-state index in [0.717, 1.165) is 21.0 Å². The molecule has 0 aliphatic heterocycles. The Morgan fingerprint density at radius 3 is 2.55 bits per heavy atom. The van der Waals surface area contributed by atoms with Crippen molar-refractivity contribution in [3.05, 3.63) is 73.3 Å². The number of pyridine rings is 1. The van der Waals surface area contributed by atoms with Gasteiger partial charge in [-0.15, -0.1) is 16.2 Å². The van der Waals surface area contributed by atoms with E-state index in [1.54, 1.807) is 24.3 Å². The minimum atomic E-state index is -4.57. The largest absolute Gasteiger partial charge is 0.417 e. The highest BCUT2D eigenvalue weighted by molar-refractivity contribution is 14.1. The van der Waals surface area contributed by atoms with E-state index < -0.39 is 27.7 Å². The molecule has 0 bridgehead atoms. The van der Waals surface area contributed by atoms with Crippen LogP contribution >= 0.6 is 45.5 Å². The van der Waals surface area contributed by atoms with Crippen LogP contribution in [0.3, 0.4) is 0 Å². The number of carbonyl (C=O) groups excluding carboxylic acids is 2. The number of carbonyl (C=O) groups is 2. The predicted octanol–water partition coefficient (Wildman–Crippen LogP) is 4.55. The molecule has 2 aromatic heterocycles. The maximum Gasteiger partial charge on any atom is 0.417 e. The van der Waals surface area contributed by atoms with Crippen molar-refractivity contribution >= 4 is 73.2 Å². The van der Waals surface area contributed by atoms with Gasteiger partial charge in [-0.3, -0.25) is 15.0 Å². The average Bonchev–Trinajstić information content (AvgIpc) is 3.34. The van der Waals surface area contributed by atoms with Crippen molar-refractivity contribution in [3.8, 4) is 0 Å². The summed E-state index contributed by atoms with van der Waals surface area (Å²) in [6, 6.07) is 10.7. The summed E-state index contributed by atoms with van der Waals surface area (Å²) in [6.07, 6.45) is -3.80. The number of alkyl halides is 3. The number of thiophene rings is 1. The lowest BCUT2D eigenvalue weighted by atomic mass is 10.2. The Morgan fingerprint density at radius 1 is 1.13 bits per heavy atom. The second kappa shape index (κ2) is 13.1. The molecule has 38 heavy (non-hydrogen) atoms. The number of hydrogen-bond donors (Lipinski definition) is 4. The first-order valence-corrected chi connectivity index (χ1v) is 14.5. The number of hydrazine groups is 1. The third-order valence-corrected chi connectivity index (χ3v) is 8.86. The molecule has 2 amide bonds. The Kier molecular flexibility index (Phi) is 10.3. The first-order valence-electron chi connectivity index (χ1n) is 10.8. The van der Waals surface area contributed by atoms with Crippen LogP contribution in [-0.2, 0) is 27.5 Å². The van der Waals surface area contributed by atoms with E-state index in [1.807, 2.05) is 10.9 Å². The molecule has 9 nitrogen and oxygen atoms in total. The van der Waals surface area contributed by atoms with Gasteiger partial charge < -0.3 is 10.6 Å². The van der Waals surface area contributed by atoms with Crippen LogP contribution in [0.4, 0.5) is 19.0 Å². The van der Waals surface area contributed by atoms with Gasteiger partial charge in [0.25, 0.3) is 15.9 Å². The molecule has 2 heterocycles. The first-order chi connectivity index (χ1) is 17.9. The van der Waals surface area contributed by atoms with E-state index in [-0.39, 0.29) is 46.9 Å². The molecule has 0 spiro atoms. The van der Waals surface area contributed by atoms with Crippen molar-refractivity contribution in [2.45, 2.75) is 29.8 Å². The van der Waals surface area contributed by atoms with Crippen molar-refractivity contribution in [1.29, 1.82) is 0 Å². The molecule has 3 rings (SSSR count). The normalized spacial score (nSPS) is 11.7. The molecule has 0 fully saturated rings. The van der Waals surface area contributed by atoms with E-state index in [0.29, 0.717) is 16.6 Å². The van der Waals surface area contributed by atoms with Crippen molar-refractivity contribution in [2.24, 2.45) is 0 Å². The van der Waals surface area contributed by atoms with E-state index in [9.17, 15) is 31.2 Å². The molecule has 4 N–H and O–H groups in total. The summed E-state index contributed by atoms with van der Waals surface area (Å²) in [6.45, 7) is 0.279. The highest BCUT2D eigenvalue weighted by Gasteiger charge is 2.31. The van der Waals surface area contributed by atoms with Gasteiger partial charge in [-0.25, -0.2) is 13.4 Å². The average molecular weight is 702 g/mol. The smallest absolute Gasteiger partial charge is 0.369 e. The number of anilines is 1. The molecule has 3 aromatic rings. The van der Waals surface area contributed by atoms with Gasteiger partial charge in [0.15, 0.2) is 0 Å². The minimum Gasteiger partial charge on any atom is -0.369 e.